The summed E-state index contributed by atoms with van der Waals surface area (Å²) in [6.45, 7) is 1.74. The predicted molar refractivity (Wildman–Crippen MR) is 179 cm³/mol. The monoisotopic (exact) mass is 684 g/mol. The number of nitro benzene ring substituents is 4. The molecule has 0 atom stereocenters. The van der Waals surface area contributed by atoms with Crippen LogP contribution in [0.4, 0.5) is 45.5 Å². The summed E-state index contributed by atoms with van der Waals surface area (Å²) in [6, 6.07) is 4.58. The number of hydrogen-bond acceptors (Lipinski definition) is 16. The number of benzene rings is 2. The Labute approximate surface area is 275 Å². The van der Waals surface area contributed by atoms with Gasteiger partial charge in [-0.15, -0.1) is 0 Å². The number of aliphatic hydroxyl groups excluding tert-OH is 4. The van der Waals surface area contributed by atoms with E-state index in [4.69, 9.17) is 20.4 Å². The number of anilines is 4. The maximum Gasteiger partial charge on any atom is 0.299 e. The lowest BCUT2D eigenvalue weighted by Gasteiger charge is -2.11. The van der Waals surface area contributed by atoms with E-state index in [0.717, 1.165) is 12.1 Å². The molecule has 2 rings (SSSR count). The summed E-state index contributed by atoms with van der Waals surface area (Å²) in [6.07, 6.45) is 4.68. The van der Waals surface area contributed by atoms with Crippen LogP contribution in [0, 0.1) is 40.5 Å². The van der Waals surface area contributed by atoms with Crippen molar-refractivity contribution in [3.8, 4) is 0 Å². The van der Waals surface area contributed by atoms with E-state index in [-0.39, 0.29) is 71.9 Å². The van der Waals surface area contributed by atoms with Crippen molar-refractivity contribution in [3.05, 3.63) is 64.7 Å². The highest BCUT2D eigenvalue weighted by molar-refractivity contribution is 5.77. The molecular weight excluding hydrogens is 640 g/mol. The third kappa shape index (κ3) is 14.7. The molecule has 0 saturated carbocycles. The van der Waals surface area contributed by atoms with E-state index >= 15 is 0 Å². The van der Waals surface area contributed by atoms with Crippen molar-refractivity contribution in [3.63, 3.8) is 0 Å². The number of nitrogens with one attached hydrogen (secondary N) is 4. The smallest absolute Gasteiger partial charge is 0.299 e. The topological polar surface area (TPSA) is 302 Å². The first-order chi connectivity index (χ1) is 23.0. The molecule has 0 spiro atoms. The Morgan fingerprint density at radius 3 is 0.771 bits per heavy atom. The molecule has 2 aromatic rings. The quantitative estimate of drug-likeness (QED) is 0.0443. The summed E-state index contributed by atoms with van der Waals surface area (Å²) in [4.78, 5) is 41.9. The van der Waals surface area contributed by atoms with Gasteiger partial charge in [0.2, 0.25) is 0 Å². The lowest BCUT2D eigenvalue weighted by Crippen LogP contribution is -2.09. The van der Waals surface area contributed by atoms with Gasteiger partial charge < -0.3 is 41.7 Å². The average Bonchev–Trinajstić information content (AvgIpc) is 3.05. The fraction of sp³-hybridized carbons (Fsp3) is 0.571. The van der Waals surface area contributed by atoms with Crippen LogP contribution in [0.1, 0.15) is 51.4 Å². The fourth-order valence-electron chi connectivity index (χ4n) is 4.16. The maximum atomic E-state index is 11.2. The van der Waals surface area contributed by atoms with Crippen LogP contribution in [0.25, 0.3) is 0 Å². The summed E-state index contributed by atoms with van der Waals surface area (Å²) in [7, 11) is 0. The Morgan fingerprint density at radius 1 is 0.396 bits per heavy atom. The molecule has 0 aliphatic heterocycles. The molecule has 0 aliphatic carbocycles. The number of nitro groups is 4. The van der Waals surface area contributed by atoms with Crippen LogP contribution in [0.3, 0.4) is 0 Å². The number of nitrogens with zero attached hydrogens (tertiary/aromatic N) is 4. The van der Waals surface area contributed by atoms with E-state index < -0.39 is 19.7 Å². The van der Waals surface area contributed by atoms with E-state index in [0.29, 0.717) is 77.5 Å². The summed E-state index contributed by atoms with van der Waals surface area (Å²) in [5.74, 6) is 0. The molecule has 20 nitrogen and oxygen atoms in total. The molecule has 0 unspecified atom stereocenters. The van der Waals surface area contributed by atoms with Gasteiger partial charge in [0, 0.05) is 52.6 Å². The second-order valence-corrected chi connectivity index (χ2v) is 10.2. The van der Waals surface area contributed by atoms with Crippen LogP contribution in [0.15, 0.2) is 24.3 Å². The molecule has 0 fully saturated rings. The second kappa shape index (κ2) is 23.4. The average molecular weight is 685 g/mol. The van der Waals surface area contributed by atoms with E-state index in [1.807, 2.05) is 0 Å². The zero-order valence-corrected chi connectivity index (χ0v) is 26.5. The summed E-state index contributed by atoms with van der Waals surface area (Å²) < 4.78 is 0. The summed E-state index contributed by atoms with van der Waals surface area (Å²) in [5, 5.41) is 91.1. The highest BCUT2D eigenvalue weighted by Gasteiger charge is 2.25. The van der Waals surface area contributed by atoms with Crippen LogP contribution in [0.5, 0.6) is 0 Å². The van der Waals surface area contributed by atoms with E-state index in [2.05, 4.69) is 21.3 Å². The van der Waals surface area contributed by atoms with Gasteiger partial charge in [-0.25, -0.2) is 0 Å². The van der Waals surface area contributed by atoms with Gasteiger partial charge in [0.15, 0.2) is 0 Å². The van der Waals surface area contributed by atoms with Crippen molar-refractivity contribution in [2.45, 2.75) is 51.4 Å². The number of hydrogen-bond donors (Lipinski definition) is 8. The van der Waals surface area contributed by atoms with Gasteiger partial charge in [-0.1, -0.05) is 0 Å². The van der Waals surface area contributed by atoms with Crippen LogP contribution in [-0.2, 0) is 0 Å². The standard InChI is InChI=1S/2C14H22N4O6/c2*19-7-3-1-5-15-11-9-12(16-6-2-4-8-20)14(18(23)24)10-13(11)17(21)22/h2*9-10,15-16,19-20H,1-8H2. The minimum absolute atomic E-state index is 0.0295. The first-order valence-electron chi connectivity index (χ1n) is 15.3. The Kier molecular flexibility index (Phi) is 20.0. The molecule has 0 heterocycles. The molecule has 2 aromatic carbocycles. The van der Waals surface area contributed by atoms with Crippen LogP contribution < -0.4 is 21.3 Å². The zero-order chi connectivity index (χ0) is 35.9. The minimum Gasteiger partial charge on any atom is -0.396 e. The third-order valence-electron chi connectivity index (χ3n) is 6.62. The van der Waals surface area contributed by atoms with Crippen LogP contribution in [0.2, 0.25) is 0 Å². The summed E-state index contributed by atoms with van der Waals surface area (Å²) >= 11 is 0. The summed E-state index contributed by atoms with van der Waals surface area (Å²) in [5.41, 5.74) is -0.723. The van der Waals surface area contributed by atoms with E-state index in [1.165, 1.54) is 12.1 Å². The molecular formula is C28H44N8O12. The highest BCUT2D eigenvalue weighted by Crippen LogP contribution is 2.37. The van der Waals surface area contributed by atoms with E-state index in [1.54, 1.807) is 0 Å². The largest absolute Gasteiger partial charge is 0.396 e. The molecule has 0 bridgehead atoms. The first-order valence-corrected chi connectivity index (χ1v) is 15.3. The van der Waals surface area contributed by atoms with Crippen molar-refractivity contribution in [2.75, 3.05) is 73.9 Å². The van der Waals surface area contributed by atoms with Crippen molar-refractivity contribution in [2.24, 2.45) is 0 Å². The minimum atomic E-state index is -0.670. The van der Waals surface area contributed by atoms with Crippen LogP contribution in [-0.4, -0.2) is 92.7 Å². The molecule has 268 valence electrons. The number of rotatable bonds is 24. The Balaban J connectivity index is 0.000000480. The molecule has 0 saturated heterocycles. The van der Waals surface area contributed by atoms with Gasteiger partial charge in [0.25, 0.3) is 22.7 Å². The SMILES string of the molecule is O=[N+]([O-])c1cc([N+](=O)[O-])c(NCCCCO)cc1NCCCCO.O=[N+]([O-])c1cc([N+](=O)[O-])c(NCCCCO)cc1NCCCCO. The molecule has 0 amide bonds. The zero-order valence-electron chi connectivity index (χ0n) is 26.5. The second-order valence-electron chi connectivity index (χ2n) is 10.2. The Morgan fingerprint density at radius 2 is 0.604 bits per heavy atom. The van der Waals surface area contributed by atoms with Crippen molar-refractivity contribution in [1.29, 1.82) is 0 Å². The maximum absolute atomic E-state index is 11.2. The highest BCUT2D eigenvalue weighted by atomic mass is 16.6. The van der Waals surface area contributed by atoms with E-state index in [9.17, 15) is 40.5 Å². The van der Waals surface area contributed by atoms with Gasteiger partial charge in [-0.05, 0) is 63.5 Å². The number of aliphatic hydroxyl groups is 4. The van der Waals surface area contributed by atoms with Crippen molar-refractivity contribution >= 4 is 45.5 Å². The number of unbranched alkanes of at least 4 members (excludes halogenated alkanes) is 4. The fourth-order valence-corrected chi connectivity index (χ4v) is 4.16. The molecule has 48 heavy (non-hydrogen) atoms. The van der Waals surface area contributed by atoms with Crippen LogP contribution >= 0.6 is 0 Å². The first kappa shape index (κ1) is 41.1. The van der Waals surface area contributed by atoms with Crippen molar-refractivity contribution in [1.82, 2.24) is 0 Å². The van der Waals surface area contributed by atoms with Gasteiger partial charge in [-0.3, -0.25) is 40.5 Å². The Hall–Kier alpha value is -4.92. The normalized spacial score (nSPS) is 10.4. The molecule has 0 aromatic heterocycles. The van der Waals surface area contributed by atoms with Gasteiger partial charge in [0.1, 0.15) is 22.7 Å². The lowest BCUT2D eigenvalue weighted by molar-refractivity contribution is -0.393. The molecule has 0 aliphatic rings. The predicted octanol–water partition coefficient (Wildman–Crippen LogP) is 3.74. The van der Waals surface area contributed by atoms with Gasteiger partial charge in [-0.2, -0.15) is 0 Å². The van der Waals surface area contributed by atoms with Gasteiger partial charge in [0.05, 0.1) is 31.8 Å². The molecule has 20 heteroatoms. The molecule has 8 N–H and O–H groups in total. The van der Waals surface area contributed by atoms with Crippen molar-refractivity contribution < 1.29 is 40.1 Å². The molecule has 0 radical (unpaired) electrons. The Bertz CT molecular complexity index is 1140. The van der Waals surface area contributed by atoms with Gasteiger partial charge >= 0.3 is 0 Å². The lowest BCUT2D eigenvalue weighted by atomic mass is 10.2. The third-order valence-corrected chi connectivity index (χ3v) is 6.62.